The first-order chi connectivity index (χ1) is 9.20. The van der Waals surface area contributed by atoms with E-state index < -0.39 is 17.2 Å². The van der Waals surface area contributed by atoms with Gasteiger partial charge in [-0.3, -0.25) is 0 Å². The zero-order valence-corrected chi connectivity index (χ0v) is 10.3. The van der Waals surface area contributed by atoms with Crippen molar-refractivity contribution >= 4 is 0 Å². The molecule has 0 bridgehead atoms. The molecule has 1 aliphatic carbocycles. The van der Waals surface area contributed by atoms with Crippen molar-refractivity contribution < 1.29 is 13.5 Å². The molecule has 0 aromatic heterocycles. The topological polar surface area (TPSA) is 9.23 Å². The standard InChI is InChI=1S/C16H13F2O/c17-14-7-6-13(10-15(14)18)16(8-9-16)19-11-12-4-2-1-3-5-12/h1-7H,8-9,11H2. The monoisotopic (exact) mass is 259 g/mol. The second-order valence-electron chi connectivity index (χ2n) is 4.80. The molecule has 0 atom stereocenters. The lowest BCUT2D eigenvalue weighted by molar-refractivity contribution is 0.0167. The van der Waals surface area contributed by atoms with Crippen LogP contribution >= 0.6 is 0 Å². The number of hydrogen-bond donors (Lipinski definition) is 0. The first-order valence-electron chi connectivity index (χ1n) is 6.25. The molecule has 97 valence electrons. The van der Waals surface area contributed by atoms with Crippen LogP contribution < -0.4 is 0 Å². The third-order valence-electron chi connectivity index (χ3n) is 3.40. The van der Waals surface area contributed by atoms with E-state index >= 15 is 0 Å². The van der Waals surface area contributed by atoms with Crippen LogP contribution in [0.15, 0.2) is 42.5 Å². The van der Waals surface area contributed by atoms with Gasteiger partial charge in [-0.2, -0.15) is 0 Å². The van der Waals surface area contributed by atoms with Crippen molar-refractivity contribution in [2.75, 3.05) is 0 Å². The van der Waals surface area contributed by atoms with Gasteiger partial charge in [-0.05, 0) is 30.0 Å². The summed E-state index contributed by atoms with van der Waals surface area (Å²) in [6.45, 7) is 0.466. The zero-order valence-electron chi connectivity index (χ0n) is 10.3. The van der Waals surface area contributed by atoms with E-state index in [9.17, 15) is 8.78 Å². The van der Waals surface area contributed by atoms with Crippen LogP contribution in [-0.4, -0.2) is 0 Å². The van der Waals surface area contributed by atoms with Gasteiger partial charge in [0, 0.05) is 6.07 Å². The Morgan fingerprint density at radius 2 is 1.79 bits per heavy atom. The summed E-state index contributed by atoms with van der Waals surface area (Å²) in [6, 6.07) is 14.9. The molecule has 3 heteroatoms. The number of benzene rings is 2. The number of rotatable bonds is 4. The van der Waals surface area contributed by atoms with E-state index in [4.69, 9.17) is 4.74 Å². The maximum absolute atomic E-state index is 13.2. The molecule has 3 rings (SSSR count). The molecule has 0 aliphatic heterocycles. The van der Waals surface area contributed by atoms with Gasteiger partial charge in [0.05, 0.1) is 12.2 Å². The summed E-state index contributed by atoms with van der Waals surface area (Å²) in [5.74, 6) is -1.81. The molecule has 2 aromatic rings. The van der Waals surface area contributed by atoms with Gasteiger partial charge >= 0.3 is 0 Å². The fourth-order valence-electron chi connectivity index (χ4n) is 2.12. The first-order valence-corrected chi connectivity index (χ1v) is 6.25. The lowest BCUT2D eigenvalue weighted by Crippen LogP contribution is -2.12. The van der Waals surface area contributed by atoms with Crippen LogP contribution in [0, 0.1) is 17.7 Å². The van der Waals surface area contributed by atoms with Crippen LogP contribution in [0.25, 0.3) is 0 Å². The van der Waals surface area contributed by atoms with Crippen molar-refractivity contribution in [3.63, 3.8) is 0 Å². The number of hydrogen-bond acceptors (Lipinski definition) is 1. The Balaban J connectivity index is 1.74. The highest BCUT2D eigenvalue weighted by Crippen LogP contribution is 2.49. The third kappa shape index (κ3) is 2.51. The average molecular weight is 259 g/mol. The molecule has 1 nitrogen and oxygen atoms in total. The van der Waals surface area contributed by atoms with Crippen molar-refractivity contribution in [2.45, 2.75) is 25.0 Å². The largest absolute Gasteiger partial charge is 0.366 e. The minimum absolute atomic E-state index is 0.466. The van der Waals surface area contributed by atoms with Gasteiger partial charge in [0.2, 0.25) is 0 Å². The van der Waals surface area contributed by atoms with E-state index in [2.05, 4.69) is 6.07 Å². The Morgan fingerprint density at radius 3 is 2.42 bits per heavy atom. The minimum Gasteiger partial charge on any atom is -0.366 e. The van der Waals surface area contributed by atoms with Gasteiger partial charge in [-0.25, -0.2) is 8.78 Å². The quantitative estimate of drug-likeness (QED) is 0.807. The van der Waals surface area contributed by atoms with Gasteiger partial charge in [-0.15, -0.1) is 0 Å². The molecule has 0 N–H and O–H groups in total. The summed E-state index contributed by atoms with van der Waals surface area (Å²) >= 11 is 0. The summed E-state index contributed by atoms with van der Waals surface area (Å²) in [5.41, 5.74) is 1.18. The highest BCUT2D eigenvalue weighted by molar-refractivity contribution is 5.28. The summed E-state index contributed by atoms with van der Waals surface area (Å²) in [5, 5.41) is 0. The van der Waals surface area contributed by atoms with E-state index in [0.717, 1.165) is 24.5 Å². The fourth-order valence-corrected chi connectivity index (χ4v) is 2.12. The van der Waals surface area contributed by atoms with E-state index in [1.165, 1.54) is 0 Å². The molecular formula is C16H13F2O. The van der Waals surface area contributed by atoms with Crippen LogP contribution in [0.1, 0.15) is 24.0 Å². The van der Waals surface area contributed by atoms with Crippen molar-refractivity contribution in [1.29, 1.82) is 0 Å². The second kappa shape index (κ2) is 4.74. The predicted octanol–water partition coefficient (Wildman–Crippen LogP) is 3.97. The number of ether oxygens (including phenoxy) is 1. The molecule has 0 spiro atoms. The van der Waals surface area contributed by atoms with E-state index in [1.807, 2.05) is 30.3 Å². The zero-order chi connectivity index (χ0) is 13.3. The maximum Gasteiger partial charge on any atom is 0.167 e. The summed E-state index contributed by atoms with van der Waals surface area (Å²) < 4.78 is 32.0. The van der Waals surface area contributed by atoms with Crippen molar-refractivity contribution in [2.24, 2.45) is 0 Å². The maximum atomic E-state index is 13.2. The van der Waals surface area contributed by atoms with Gasteiger partial charge in [0.15, 0.2) is 11.6 Å². The summed E-state index contributed by atoms with van der Waals surface area (Å²) in [6.07, 6.45) is 1.64. The average Bonchev–Trinajstić information content (AvgIpc) is 3.22. The van der Waals surface area contributed by atoms with E-state index in [0.29, 0.717) is 12.2 Å². The van der Waals surface area contributed by atoms with Crippen LogP contribution in [-0.2, 0) is 16.9 Å². The lowest BCUT2D eigenvalue weighted by Gasteiger charge is -2.17. The van der Waals surface area contributed by atoms with E-state index in [-0.39, 0.29) is 0 Å². The lowest BCUT2D eigenvalue weighted by atomic mass is 10.1. The molecule has 1 aliphatic rings. The molecule has 1 saturated carbocycles. The van der Waals surface area contributed by atoms with Crippen molar-refractivity contribution in [1.82, 2.24) is 0 Å². The van der Waals surface area contributed by atoms with Crippen LogP contribution in [0.5, 0.6) is 0 Å². The van der Waals surface area contributed by atoms with Gasteiger partial charge < -0.3 is 4.74 Å². The van der Waals surface area contributed by atoms with E-state index in [1.54, 1.807) is 6.07 Å². The molecule has 0 heterocycles. The molecule has 1 fully saturated rings. The molecule has 1 radical (unpaired) electrons. The van der Waals surface area contributed by atoms with Crippen molar-refractivity contribution in [3.05, 3.63) is 71.3 Å². The van der Waals surface area contributed by atoms with Crippen LogP contribution in [0.3, 0.4) is 0 Å². The molecule has 0 amide bonds. The Bertz CT molecular complexity index is 577. The Kier molecular flexibility index (Phi) is 3.07. The molecule has 2 aromatic carbocycles. The summed E-state index contributed by atoms with van der Waals surface area (Å²) in [7, 11) is 0. The van der Waals surface area contributed by atoms with Gasteiger partial charge in [0.25, 0.3) is 0 Å². The van der Waals surface area contributed by atoms with Crippen LogP contribution in [0.4, 0.5) is 8.78 Å². The highest BCUT2D eigenvalue weighted by atomic mass is 19.2. The fraction of sp³-hybridized carbons (Fsp3) is 0.250. The third-order valence-corrected chi connectivity index (χ3v) is 3.40. The van der Waals surface area contributed by atoms with Crippen LogP contribution in [0.2, 0.25) is 0 Å². The molecular weight excluding hydrogens is 246 g/mol. The van der Waals surface area contributed by atoms with Gasteiger partial charge in [0.1, 0.15) is 0 Å². The van der Waals surface area contributed by atoms with Gasteiger partial charge in [-0.1, -0.05) is 36.4 Å². The normalized spacial score (nSPS) is 16.3. The second-order valence-corrected chi connectivity index (χ2v) is 4.80. The molecule has 19 heavy (non-hydrogen) atoms. The summed E-state index contributed by atoms with van der Waals surface area (Å²) in [4.78, 5) is 0. The minimum atomic E-state index is -0.938. The number of halogens is 2. The van der Waals surface area contributed by atoms with Crippen molar-refractivity contribution in [3.8, 4) is 0 Å². The smallest absolute Gasteiger partial charge is 0.167 e. The highest BCUT2D eigenvalue weighted by Gasteiger charge is 2.46. The Morgan fingerprint density at radius 1 is 1.05 bits per heavy atom. The molecule has 0 unspecified atom stereocenters. The Labute approximate surface area is 110 Å². The molecule has 0 saturated heterocycles. The Hall–Kier alpha value is -1.74. The SMILES string of the molecule is Fc1[c]c(C2(OCc3ccccc3)CC2)ccc1F. The first kappa shape index (κ1) is 12.3. The predicted molar refractivity (Wildman–Crippen MR) is 67.3 cm³/mol.